The number of halogens is 2. The number of carbonyl (C=O) groups excluding carboxylic acids is 2. The summed E-state index contributed by atoms with van der Waals surface area (Å²) in [6.45, 7) is 3.96. The molecule has 2 N–H and O–H groups in total. The van der Waals surface area contributed by atoms with Crippen LogP contribution in [0.1, 0.15) is 35.1 Å². The summed E-state index contributed by atoms with van der Waals surface area (Å²) in [6, 6.07) is 27.1. The molecule has 0 unspecified atom stereocenters. The van der Waals surface area contributed by atoms with Gasteiger partial charge in [0.1, 0.15) is 0 Å². The van der Waals surface area contributed by atoms with Gasteiger partial charge in [-0.2, -0.15) is 0 Å². The Kier molecular flexibility index (Phi) is 9.22. The Balaban J connectivity index is 1.35. The first-order valence-corrected chi connectivity index (χ1v) is 13.3. The van der Waals surface area contributed by atoms with E-state index in [1.54, 1.807) is 0 Å². The van der Waals surface area contributed by atoms with Crippen LogP contribution < -0.4 is 10.6 Å². The molecule has 4 aromatic rings. The number of nitrogens with one attached hydrogen (secondary N) is 2. The van der Waals surface area contributed by atoms with Crippen LogP contribution in [0.2, 0.25) is 10.0 Å². The van der Waals surface area contributed by atoms with Gasteiger partial charge in [-0.3, -0.25) is 9.59 Å². The van der Waals surface area contributed by atoms with E-state index in [9.17, 15) is 9.59 Å². The maximum absolute atomic E-state index is 12.5. The standard InChI is InChI=1S/C32H30Cl2N2O2/c1-21-19-25(11-15-29(21)35-31(37)17-13-23-7-3-5-9-27(23)33)26-12-16-30(22(2)20-26)36-32(38)18-14-24-8-4-6-10-28(24)34/h3-12,15-16,19-20H,13-14,17-18H2,1-2H3,(H,35,37)(H,36,38). The molecule has 0 aliphatic heterocycles. The van der Waals surface area contributed by atoms with Gasteiger partial charge in [-0.05, 0) is 96.5 Å². The summed E-state index contributed by atoms with van der Waals surface area (Å²) in [7, 11) is 0. The third-order valence-electron chi connectivity index (χ3n) is 6.49. The first kappa shape index (κ1) is 27.4. The summed E-state index contributed by atoms with van der Waals surface area (Å²) < 4.78 is 0. The van der Waals surface area contributed by atoms with Crippen LogP contribution in [-0.2, 0) is 22.4 Å². The van der Waals surface area contributed by atoms with E-state index in [4.69, 9.17) is 23.2 Å². The molecule has 2 amide bonds. The van der Waals surface area contributed by atoms with Crippen molar-refractivity contribution in [1.82, 2.24) is 0 Å². The van der Waals surface area contributed by atoms with Crippen molar-refractivity contribution >= 4 is 46.4 Å². The number of carbonyl (C=O) groups is 2. The summed E-state index contributed by atoms with van der Waals surface area (Å²) >= 11 is 12.4. The van der Waals surface area contributed by atoms with Crippen LogP contribution in [-0.4, -0.2) is 11.8 Å². The number of anilines is 2. The maximum atomic E-state index is 12.5. The van der Waals surface area contributed by atoms with Crippen LogP contribution in [0.4, 0.5) is 11.4 Å². The molecule has 0 saturated heterocycles. The second-order valence-corrected chi connectivity index (χ2v) is 10.2. The van der Waals surface area contributed by atoms with Gasteiger partial charge in [0, 0.05) is 34.3 Å². The molecule has 4 aromatic carbocycles. The van der Waals surface area contributed by atoms with Gasteiger partial charge >= 0.3 is 0 Å². The van der Waals surface area contributed by atoms with Crippen LogP contribution in [0.15, 0.2) is 84.9 Å². The maximum Gasteiger partial charge on any atom is 0.224 e. The van der Waals surface area contributed by atoms with Crippen LogP contribution in [0.25, 0.3) is 11.1 Å². The SMILES string of the molecule is Cc1cc(-c2ccc(NC(=O)CCc3ccccc3Cl)c(C)c2)ccc1NC(=O)CCc1ccccc1Cl. The fraction of sp³-hybridized carbons (Fsp3) is 0.188. The van der Waals surface area contributed by atoms with Gasteiger partial charge in [0.15, 0.2) is 0 Å². The molecular formula is C32H30Cl2N2O2. The first-order valence-electron chi connectivity index (χ1n) is 12.6. The molecule has 0 spiro atoms. The van der Waals surface area contributed by atoms with E-state index in [2.05, 4.69) is 22.8 Å². The Labute approximate surface area is 234 Å². The number of amides is 2. The van der Waals surface area contributed by atoms with Crippen LogP contribution in [0.5, 0.6) is 0 Å². The number of rotatable bonds is 9. The number of aryl methyl sites for hydroxylation is 4. The molecular weight excluding hydrogens is 515 g/mol. The summed E-state index contributed by atoms with van der Waals surface area (Å²) in [5.41, 5.74) is 7.53. The van der Waals surface area contributed by atoms with Crippen LogP contribution >= 0.6 is 23.2 Å². The zero-order chi connectivity index (χ0) is 27.1. The molecule has 4 nitrogen and oxygen atoms in total. The van der Waals surface area contributed by atoms with Crippen molar-refractivity contribution in [2.24, 2.45) is 0 Å². The molecule has 0 atom stereocenters. The molecule has 38 heavy (non-hydrogen) atoms. The number of hydrogen-bond acceptors (Lipinski definition) is 2. The van der Waals surface area contributed by atoms with Crippen molar-refractivity contribution in [2.45, 2.75) is 39.5 Å². The Morgan fingerprint density at radius 2 is 1.00 bits per heavy atom. The lowest BCUT2D eigenvalue weighted by Gasteiger charge is -2.13. The molecule has 0 fully saturated rings. The van der Waals surface area contributed by atoms with Gasteiger partial charge < -0.3 is 10.6 Å². The molecule has 0 saturated carbocycles. The third kappa shape index (κ3) is 7.25. The second-order valence-electron chi connectivity index (χ2n) is 9.34. The molecule has 0 radical (unpaired) electrons. The fourth-order valence-corrected chi connectivity index (χ4v) is 4.75. The minimum Gasteiger partial charge on any atom is -0.326 e. The predicted octanol–water partition coefficient (Wildman–Crippen LogP) is 8.42. The van der Waals surface area contributed by atoms with Crippen molar-refractivity contribution in [2.75, 3.05) is 10.6 Å². The zero-order valence-corrected chi connectivity index (χ0v) is 23.0. The highest BCUT2D eigenvalue weighted by Crippen LogP contribution is 2.29. The van der Waals surface area contributed by atoms with E-state index >= 15 is 0 Å². The third-order valence-corrected chi connectivity index (χ3v) is 7.23. The molecule has 194 valence electrons. The Morgan fingerprint density at radius 1 is 0.605 bits per heavy atom. The topological polar surface area (TPSA) is 58.2 Å². The summed E-state index contributed by atoms with van der Waals surface area (Å²) in [5.74, 6) is -0.0995. The van der Waals surface area contributed by atoms with Crippen LogP contribution in [0.3, 0.4) is 0 Å². The predicted molar refractivity (Wildman–Crippen MR) is 158 cm³/mol. The lowest BCUT2D eigenvalue weighted by atomic mass is 9.99. The van der Waals surface area contributed by atoms with E-state index in [0.29, 0.717) is 35.7 Å². The molecule has 0 bridgehead atoms. The average molecular weight is 546 g/mol. The van der Waals surface area contributed by atoms with Gasteiger partial charge in [0.2, 0.25) is 11.8 Å². The fourth-order valence-electron chi connectivity index (χ4n) is 4.29. The highest BCUT2D eigenvalue weighted by Gasteiger charge is 2.11. The monoisotopic (exact) mass is 544 g/mol. The summed E-state index contributed by atoms with van der Waals surface area (Å²) in [4.78, 5) is 25.0. The van der Waals surface area contributed by atoms with Crippen molar-refractivity contribution in [3.8, 4) is 11.1 Å². The van der Waals surface area contributed by atoms with Gasteiger partial charge in [-0.1, -0.05) is 71.7 Å². The number of hydrogen-bond donors (Lipinski definition) is 2. The van der Waals surface area contributed by atoms with E-state index in [1.807, 2.05) is 86.6 Å². The van der Waals surface area contributed by atoms with Gasteiger partial charge in [-0.15, -0.1) is 0 Å². The quantitative estimate of drug-likeness (QED) is 0.222. The van der Waals surface area contributed by atoms with Crippen LogP contribution in [0, 0.1) is 13.8 Å². The lowest BCUT2D eigenvalue weighted by molar-refractivity contribution is -0.117. The lowest BCUT2D eigenvalue weighted by Crippen LogP contribution is -2.13. The van der Waals surface area contributed by atoms with Gasteiger partial charge in [0.05, 0.1) is 0 Å². The Bertz CT molecular complexity index is 1350. The highest BCUT2D eigenvalue weighted by molar-refractivity contribution is 6.31. The van der Waals surface area contributed by atoms with Crippen molar-refractivity contribution in [3.63, 3.8) is 0 Å². The smallest absolute Gasteiger partial charge is 0.224 e. The molecule has 0 aromatic heterocycles. The average Bonchev–Trinajstić information content (AvgIpc) is 2.90. The largest absolute Gasteiger partial charge is 0.326 e. The summed E-state index contributed by atoms with van der Waals surface area (Å²) in [6.07, 6.45) is 1.89. The minimum atomic E-state index is -0.0498. The van der Waals surface area contributed by atoms with Crippen molar-refractivity contribution in [1.29, 1.82) is 0 Å². The molecule has 0 heterocycles. The molecule has 4 rings (SSSR count). The van der Waals surface area contributed by atoms with Gasteiger partial charge in [0.25, 0.3) is 0 Å². The Morgan fingerprint density at radius 3 is 1.37 bits per heavy atom. The summed E-state index contributed by atoms with van der Waals surface area (Å²) in [5, 5.41) is 7.38. The minimum absolute atomic E-state index is 0.0498. The normalized spacial score (nSPS) is 10.7. The van der Waals surface area contributed by atoms with E-state index < -0.39 is 0 Å². The van der Waals surface area contributed by atoms with E-state index in [1.165, 1.54) is 0 Å². The molecule has 0 aliphatic rings. The molecule has 0 aliphatic carbocycles. The number of benzene rings is 4. The first-order chi connectivity index (χ1) is 18.3. The van der Waals surface area contributed by atoms with E-state index in [0.717, 1.165) is 44.8 Å². The Hall–Kier alpha value is -3.60. The van der Waals surface area contributed by atoms with Gasteiger partial charge in [-0.25, -0.2) is 0 Å². The zero-order valence-electron chi connectivity index (χ0n) is 21.5. The van der Waals surface area contributed by atoms with Crippen molar-refractivity contribution < 1.29 is 9.59 Å². The van der Waals surface area contributed by atoms with Crippen molar-refractivity contribution in [3.05, 3.63) is 117 Å². The van der Waals surface area contributed by atoms with E-state index in [-0.39, 0.29) is 11.8 Å². The molecule has 6 heteroatoms. The second kappa shape index (κ2) is 12.8. The highest BCUT2D eigenvalue weighted by atomic mass is 35.5.